The number of ketones is 1. The van der Waals surface area contributed by atoms with Crippen LogP contribution in [0.25, 0.3) is 0 Å². The summed E-state index contributed by atoms with van der Waals surface area (Å²) >= 11 is 0. The number of carbonyl (C=O) groups is 1. The summed E-state index contributed by atoms with van der Waals surface area (Å²) in [6, 6.07) is 0. The van der Waals surface area contributed by atoms with Gasteiger partial charge in [-0.15, -0.1) is 0 Å². The molecule has 0 amide bonds. The van der Waals surface area contributed by atoms with Gasteiger partial charge in [-0.1, -0.05) is 13.8 Å². The van der Waals surface area contributed by atoms with Crippen molar-refractivity contribution >= 4 is 5.78 Å². The molecule has 4 nitrogen and oxygen atoms in total. The fourth-order valence-corrected chi connectivity index (χ4v) is 2.47. The summed E-state index contributed by atoms with van der Waals surface area (Å²) in [4.78, 5) is 16.6. The van der Waals surface area contributed by atoms with E-state index in [0.717, 1.165) is 25.8 Å². The van der Waals surface area contributed by atoms with Gasteiger partial charge in [-0.2, -0.15) is 0 Å². The van der Waals surface area contributed by atoms with Gasteiger partial charge >= 0.3 is 0 Å². The van der Waals surface area contributed by atoms with Gasteiger partial charge in [-0.05, 0) is 19.3 Å². The first kappa shape index (κ1) is 12.3. The second kappa shape index (κ2) is 5.45. The molecule has 1 saturated heterocycles. The van der Waals surface area contributed by atoms with Crippen molar-refractivity contribution in [3.63, 3.8) is 0 Å². The highest BCUT2D eigenvalue weighted by Gasteiger charge is 2.35. The molecule has 0 aliphatic carbocycles. The van der Waals surface area contributed by atoms with Gasteiger partial charge in [0.05, 0.1) is 12.0 Å². The molecule has 4 heteroatoms. The van der Waals surface area contributed by atoms with Gasteiger partial charge in [-0.3, -0.25) is 4.79 Å². The molecule has 0 bridgehead atoms. The van der Waals surface area contributed by atoms with Crippen LogP contribution in [0.3, 0.4) is 0 Å². The van der Waals surface area contributed by atoms with Crippen molar-refractivity contribution < 1.29 is 9.53 Å². The molecule has 0 aromatic carbocycles. The Morgan fingerprint density at radius 2 is 2.41 bits per heavy atom. The third-order valence-electron chi connectivity index (χ3n) is 3.35. The number of aryl methyl sites for hydroxylation is 1. The lowest BCUT2D eigenvalue weighted by Crippen LogP contribution is -2.26. The molecular weight excluding hydrogens is 216 g/mol. The van der Waals surface area contributed by atoms with Gasteiger partial charge in [0, 0.05) is 25.5 Å². The summed E-state index contributed by atoms with van der Waals surface area (Å²) < 4.78 is 7.53. The predicted octanol–water partition coefficient (Wildman–Crippen LogP) is 2.29. The topological polar surface area (TPSA) is 44.1 Å². The average Bonchev–Trinajstić information content (AvgIpc) is 2.96. The molecular formula is C13H20N2O2. The van der Waals surface area contributed by atoms with E-state index in [4.69, 9.17) is 4.74 Å². The summed E-state index contributed by atoms with van der Waals surface area (Å²) in [5, 5.41) is 0. The van der Waals surface area contributed by atoms with E-state index < -0.39 is 0 Å². The molecule has 2 unspecified atom stereocenters. The average molecular weight is 236 g/mol. The fraction of sp³-hybridized carbons (Fsp3) is 0.692. The molecule has 1 aliphatic rings. The third kappa shape index (κ3) is 2.41. The first-order chi connectivity index (χ1) is 8.27. The van der Waals surface area contributed by atoms with Crippen LogP contribution in [0, 0.1) is 5.92 Å². The Kier molecular flexibility index (Phi) is 3.94. The SMILES string of the molecule is CCCn1ccnc1C(=O)C1CCOC1CC. The van der Waals surface area contributed by atoms with Crippen molar-refractivity contribution in [1.82, 2.24) is 9.55 Å². The van der Waals surface area contributed by atoms with Gasteiger partial charge in [0.2, 0.25) is 5.78 Å². The molecule has 2 rings (SSSR count). The van der Waals surface area contributed by atoms with E-state index >= 15 is 0 Å². The van der Waals surface area contributed by atoms with Crippen molar-refractivity contribution in [2.24, 2.45) is 5.92 Å². The molecule has 17 heavy (non-hydrogen) atoms. The molecule has 0 radical (unpaired) electrons. The van der Waals surface area contributed by atoms with E-state index in [-0.39, 0.29) is 17.8 Å². The van der Waals surface area contributed by atoms with Crippen molar-refractivity contribution in [3.05, 3.63) is 18.2 Å². The highest BCUT2D eigenvalue weighted by molar-refractivity contribution is 5.95. The van der Waals surface area contributed by atoms with Crippen LogP contribution < -0.4 is 0 Å². The van der Waals surface area contributed by atoms with Crippen molar-refractivity contribution in [3.8, 4) is 0 Å². The Morgan fingerprint density at radius 1 is 1.59 bits per heavy atom. The lowest BCUT2D eigenvalue weighted by atomic mass is 9.94. The van der Waals surface area contributed by atoms with Crippen LogP contribution in [-0.4, -0.2) is 28.0 Å². The van der Waals surface area contributed by atoms with E-state index in [1.54, 1.807) is 6.20 Å². The summed E-state index contributed by atoms with van der Waals surface area (Å²) in [7, 11) is 0. The maximum Gasteiger partial charge on any atom is 0.203 e. The second-order valence-corrected chi connectivity index (χ2v) is 4.52. The largest absolute Gasteiger partial charge is 0.377 e. The second-order valence-electron chi connectivity index (χ2n) is 4.52. The quantitative estimate of drug-likeness (QED) is 0.737. The number of carbonyl (C=O) groups excluding carboxylic acids is 1. The molecule has 2 atom stereocenters. The number of hydrogen-bond donors (Lipinski definition) is 0. The zero-order valence-electron chi connectivity index (χ0n) is 10.6. The zero-order valence-corrected chi connectivity index (χ0v) is 10.6. The molecule has 94 valence electrons. The Bertz CT molecular complexity index is 387. The van der Waals surface area contributed by atoms with Crippen LogP contribution in [-0.2, 0) is 11.3 Å². The molecule has 1 aliphatic heterocycles. The normalized spacial score (nSPS) is 24.1. The Hall–Kier alpha value is -1.16. The van der Waals surface area contributed by atoms with Gasteiger partial charge in [0.25, 0.3) is 0 Å². The van der Waals surface area contributed by atoms with Gasteiger partial charge in [0.1, 0.15) is 0 Å². The van der Waals surface area contributed by atoms with Crippen molar-refractivity contribution in [2.75, 3.05) is 6.61 Å². The van der Waals surface area contributed by atoms with Crippen LogP contribution in [0.15, 0.2) is 12.4 Å². The predicted molar refractivity (Wildman–Crippen MR) is 65.0 cm³/mol. The number of hydrogen-bond acceptors (Lipinski definition) is 3. The summed E-state index contributed by atoms with van der Waals surface area (Å²) in [6.45, 7) is 5.71. The number of nitrogens with zero attached hydrogens (tertiary/aromatic N) is 2. The number of ether oxygens (including phenoxy) is 1. The molecule has 0 N–H and O–H groups in total. The van der Waals surface area contributed by atoms with Crippen molar-refractivity contribution in [2.45, 2.75) is 45.8 Å². The number of aromatic nitrogens is 2. The minimum absolute atomic E-state index is 0.00185. The van der Waals surface area contributed by atoms with E-state index in [1.165, 1.54) is 0 Å². The minimum Gasteiger partial charge on any atom is -0.377 e. The van der Waals surface area contributed by atoms with Gasteiger partial charge in [0.15, 0.2) is 5.82 Å². The smallest absolute Gasteiger partial charge is 0.203 e. The summed E-state index contributed by atoms with van der Waals surface area (Å²) in [6.07, 6.45) is 6.40. The van der Waals surface area contributed by atoms with Gasteiger partial charge < -0.3 is 9.30 Å². The highest BCUT2D eigenvalue weighted by Crippen LogP contribution is 2.26. The Balaban J connectivity index is 2.15. The number of Topliss-reactive ketones (excluding diaryl/α,β-unsaturated/α-hetero) is 1. The monoisotopic (exact) mass is 236 g/mol. The number of imidazole rings is 1. The lowest BCUT2D eigenvalue weighted by Gasteiger charge is -2.15. The molecule has 1 aromatic heterocycles. The molecule has 1 fully saturated rings. The first-order valence-corrected chi connectivity index (χ1v) is 6.44. The highest BCUT2D eigenvalue weighted by atomic mass is 16.5. The molecule has 0 spiro atoms. The van der Waals surface area contributed by atoms with Crippen LogP contribution in [0.2, 0.25) is 0 Å². The molecule has 2 heterocycles. The maximum atomic E-state index is 12.4. The lowest BCUT2D eigenvalue weighted by molar-refractivity contribution is 0.0678. The molecule has 1 aromatic rings. The first-order valence-electron chi connectivity index (χ1n) is 6.44. The van der Waals surface area contributed by atoms with E-state index in [9.17, 15) is 4.79 Å². The maximum absolute atomic E-state index is 12.4. The van der Waals surface area contributed by atoms with Crippen LogP contribution in [0.1, 0.15) is 43.7 Å². The molecule has 0 saturated carbocycles. The summed E-state index contributed by atoms with van der Waals surface area (Å²) in [5.74, 6) is 0.742. The standard InChI is InChI=1S/C13H20N2O2/c1-3-7-15-8-6-14-13(15)12(16)10-5-9-17-11(10)4-2/h6,8,10-11H,3-5,7,9H2,1-2H3. The minimum atomic E-state index is -0.00185. The van der Waals surface area contributed by atoms with Crippen LogP contribution in [0.4, 0.5) is 0 Å². The Labute approximate surface area is 102 Å². The number of rotatable bonds is 5. The summed E-state index contributed by atoms with van der Waals surface area (Å²) in [5.41, 5.74) is 0. The van der Waals surface area contributed by atoms with E-state index in [1.807, 2.05) is 10.8 Å². The zero-order chi connectivity index (χ0) is 12.3. The third-order valence-corrected chi connectivity index (χ3v) is 3.35. The fourth-order valence-electron chi connectivity index (χ4n) is 2.47. The van der Waals surface area contributed by atoms with E-state index in [2.05, 4.69) is 18.8 Å². The van der Waals surface area contributed by atoms with Crippen molar-refractivity contribution in [1.29, 1.82) is 0 Å². The van der Waals surface area contributed by atoms with Gasteiger partial charge in [-0.25, -0.2) is 4.98 Å². The Morgan fingerprint density at radius 3 is 3.12 bits per heavy atom. The van der Waals surface area contributed by atoms with Crippen LogP contribution in [0.5, 0.6) is 0 Å². The van der Waals surface area contributed by atoms with E-state index in [0.29, 0.717) is 12.4 Å². The van der Waals surface area contributed by atoms with Crippen LogP contribution >= 0.6 is 0 Å².